The summed E-state index contributed by atoms with van der Waals surface area (Å²) >= 11 is 0. The highest BCUT2D eigenvalue weighted by molar-refractivity contribution is 6.08. The maximum atomic E-state index is 13.2. The maximum Gasteiger partial charge on any atom is 0.323 e. The Morgan fingerprint density at radius 1 is 0.927 bits per heavy atom. The number of aromatic nitrogens is 4. The number of ether oxygens (including phenoxy) is 2. The average molecular weight is 552 g/mol. The van der Waals surface area contributed by atoms with Crippen molar-refractivity contribution in [2.45, 2.75) is 26.2 Å². The number of nitrogens with one attached hydrogen (secondary N) is 2. The molecule has 2 amide bonds. The number of amides is 2. The number of nitrogens with zero attached hydrogens (tertiary/aromatic N) is 5. The Morgan fingerprint density at radius 2 is 1.68 bits per heavy atom. The van der Waals surface area contributed by atoms with Crippen LogP contribution in [-0.4, -0.2) is 59.0 Å². The third-order valence-corrected chi connectivity index (χ3v) is 7.35. The first-order valence-electron chi connectivity index (χ1n) is 13.6. The standard InChI is InChI=1S/C31H33N7O3/c1-31(2,3)20-9-12-26(40-4)24(17-20)36-30(39)35-23-10-11-25(22-8-6-5-7-21(22)23)38-19-34-27-28(32-18-33-29(27)38)37-13-15-41-16-14-37/h5-12,17-19H,13-16H2,1-4H3,(H2,35,36,39). The van der Waals surface area contributed by atoms with Crippen LogP contribution in [0.5, 0.6) is 5.75 Å². The Morgan fingerprint density at radius 3 is 2.44 bits per heavy atom. The molecular formula is C31H33N7O3. The predicted molar refractivity (Wildman–Crippen MR) is 162 cm³/mol. The van der Waals surface area contributed by atoms with Crippen LogP contribution in [-0.2, 0) is 10.2 Å². The lowest BCUT2D eigenvalue weighted by atomic mass is 9.87. The summed E-state index contributed by atoms with van der Waals surface area (Å²) in [5.74, 6) is 1.40. The van der Waals surface area contributed by atoms with Crippen molar-refractivity contribution in [1.82, 2.24) is 19.5 Å². The summed E-state index contributed by atoms with van der Waals surface area (Å²) in [5.41, 5.74) is 4.68. The van der Waals surface area contributed by atoms with E-state index in [9.17, 15) is 4.79 Å². The Kier molecular flexibility index (Phi) is 6.92. The van der Waals surface area contributed by atoms with Crippen LogP contribution >= 0.6 is 0 Å². The number of carbonyl (C=O) groups is 1. The number of benzene rings is 3. The molecule has 0 bridgehead atoms. The van der Waals surface area contributed by atoms with Gasteiger partial charge in [-0.3, -0.25) is 4.57 Å². The van der Waals surface area contributed by atoms with Crippen molar-refractivity contribution in [3.05, 3.63) is 72.8 Å². The van der Waals surface area contributed by atoms with Crippen LogP contribution in [0, 0.1) is 0 Å². The molecule has 3 aromatic carbocycles. The lowest BCUT2D eigenvalue weighted by molar-refractivity contribution is 0.122. The largest absolute Gasteiger partial charge is 0.495 e. The lowest BCUT2D eigenvalue weighted by Crippen LogP contribution is -2.36. The summed E-state index contributed by atoms with van der Waals surface area (Å²) in [6.07, 6.45) is 3.36. The fourth-order valence-corrected chi connectivity index (χ4v) is 5.16. The van der Waals surface area contributed by atoms with Crippen LogP contribution in [0.2, 0.25) is 0 Å². The fourth-order valence-electron chi connectivity index (χ4n) is 5.16. The first-order chi connectivity index (χ1) is 19.8. The highest BCUT2D eigenvalue weighted by atomic mass is 16.5. The molecule has 1 aliphatic rings. The summed E-state index contributed by atoms with van der Waals surface area (Å²) in [6, 6.07) is 17.3. The molecule has 0 aliphatic carbocycles. The van der Waals surface area contributed by atoms with Gasteiger partial charge in [-0.05, 0) is 35.2 Å². The number of anilines is 3. The van der Waals surface area contributed by atoms with Gasteiger partial charge in [0.05, 0.1) is 37.4 Å². The second-order valence-corrected chi connectivity index (χ2v) is 11.0. The molecule has 0 saturated carbocycles. The first kappa shape index (κ1) is 26.5. The summed E-state index contributed by atoms with van der Waals surface area (Å²) < 4.78 is 13.0. The number of carbonyl (C=O) groups excluding carboxylic acids is 1. The Balaban J connectivity index is 1.33. The molecule has 0 unspecified atom stereocenters. The van der Waals surface area contributed by atoms with Crippen molar-refractivity contribution in [3.63, 3.8) is 0 Å². The first-order valence-corrected chi connectivity index (χ1v) is 13.6. The Labute approximate surface area is 238 Å². The van der Waals surface area contributed by atoms with Gasteiger partial charge in [0, 0.05) is 23.9 Å². The van der Waals surface area contributed by atoms with Crippen molar-refractivity contribution < 1.29 is 14.3 Å². The second kappa shape index (κ2) is 10.7. The smallest absolute Gasteiger partial charge is 0.323 e. The lowest BCUT2D eigenvalue weighted by Gasteiger charge is -2.27. The van der Waals surface area contributed by atoms with Crippen LogP contribution in [0.1, 0.15) is 26.3 Å². The van der Waals surface area contributed by atoms with E-state index >= 15 is 0 Å². The number of hydrogen-bond acceptors (Lipinski definition) is 7. The average Bonchev–Trinajstić information content (AvgIpc) is 3.41. The van der Waals surface area contributed by atoms with Crippen molar-refractivity contribution in [2.24, 2.45) is 0 Å². The van der Waals surface area contributed by atoms with Gasteiger partial charge in [-0.2, -0.15) is 0 Å². The van der Waals surface area contributed by atoms with E-state index in [0.29, 0.717) is 30.3 Å². The summed E-state index contributed by atoms with van der Waals surface area (Å²) in [4.78, 5) is 29.2. The van der Waals surface area contributed by atoms with Crippen molar-refractivity contribution in [1.29, 1.82) is 0 Å². The quantitative estimate of drug-likeness (QED) is 0.286. The molecule has 2 aromatic heterocycles. The van der Waals surface area contributed by atoms with Gasteiger partial charge in [0.1, 0.15) is 18.4 Å². The van der Waals surface area contributed by atoms with E-state index < -0.39 is 0 Å². The highest BCUT2D eigenvalue weighted by Crippen LogP contribution is 2.34. The third kappa shape index (κ3) is 5.14. The van der Waals surface area contributed by atoms with Crippen molar-refractivity contribution in [2.75, 3.05) is 48.9 Å². The molecule has 0 radical (unpaired) electrons. The number of fused-ring (bicyclic) bond motifs is 2. The number of rotatable bonds is 5. The van der Waals surface area contributed by atoms with Gasteiger partial charge in [0.2, 0.25) is 0 Å². The van der Waals surface area contributed by atoms with E-state index in [1.165, 1.54) is 0 Å². The molecule has 0 spiro atoms. The molecule has 6 rings (SSSR count). The molecule has 1 fully saturated rings. The summed E-state index contributed by atoms with van der Waals surface area (Å²) in [7, 11) is 1.59. The number of hydrogen-bond donors (Lipinski definition) is 2. The highest BCUT2D eigenvalue weighted by Gasteiger charge is 2.21. The van der Waals surface area contributed by atoms with Gasteiger partial charge < -0.3 is 25.0 Å². The molecule has 210 valence electrons. The van der Waals surface area contributed by atoms with E-state index in [1.54, 1.807) is 19.8 Å². The zero-order valence-electron chi connectivity index (χ0n) is 23.6. The monoisotopic (exact) mass is 551 g/mol. The van der Waals surface area contributed by atoms with Crippen LogP contribution in [0.3, 0.4) is 0 Å². The predicted octanol–water partition coefficient (Wildman–Crippen LogP) is 5.76. The molecule has 0 atom stereocenters. The molecule has 3 heterocycles. The number of urea groups is 1. The van der Waals surface area contributed by atoms with Gasteiger partial charge >= 0.3 is 6.03 Å². The Bertz CT molecular complexity index is 1740. The van der Waals surface area contributed by atoms with Crippen LogP contribution in [0.4, 0.5) is 22.0 Å². The number of imidazole rings is 1. The minimum absolute atomic E-state index is 0.0728. The molecule has 1 saturated heterocycles. The molecular weight excluding hydrogens is 518 g/mol. The second-order valence-electron chi connectivity index (χ2n) is 11.0. The Hall–Kier alpha value is -4.70. The van der Waals surface area contributed by atoms with Crippen LogP contribution in [0.15, 0.2) is 67.3 Å². The topological polar surface area (TPSA) is 106 Å². The van der Waals surface area contributed by atoms with Gasteiger partial charge in [-0.1, -0.05) is 51.1 Å². The van der Waals surface area contributed by atoms with Gasteiger partial charge in [0.15, 0.2) is 17.0 Å². The van der Waals surface area contributed by atoms with Crippen LogP contribution < -0.4 is 20.3 Å². The summed E-state index contributed by atoms with van der Waals surface area (Å²) in [6.45, 7) is 9.23. The van der Waals surface area contributed by atoms with Crippen molar-refractivity contribution >= 4 is 45.2 Å². The van der Waals surface area contributed by atoms with Gasteiger partial charge in [-0.25, -0.2) is 19.7 Å². The molecule has 1 aliphatic heterocycles. The van der Waals surface area contributed by atoms with Crippen molar-refractivity contribution in [3.8, 4) is 11.4 Å². The van der Waals surface area contributed by atoms with Gasteiger partial charge in [0.25, 0.3) is 0 Å². The SMILES string of the molecule is COc1ccc(C(C)(C)C)cc1NC(=O)Nc1ccc(-n2cnc3c(N4CCOCC4)ncnc32)c2ccccc12. The van der Waals surface area contributed by atoms with E-state index in [2.05, 4.69) is 46.3 Å². The third-order valence-electron chi connectivity index (χ3n) is 7.35. The van der Waals surface area contributed by atoms with E-state index in [-0.39, 0.29) is 11.4 Å². The minimum atomic E-state index is -0.358. The van der Waals surface area contributed by atoms with E-state index in [1.807, 2.05) is 59.2 Å². The maximum absolute atomic E-state index is 13.2. The van der Waals surface area contributed by atoms with Crippen LogP contribution in [0.25, 0.3) is 27.6 Å². The molecule has 41 heavy (non-hydrogen) atoms. The molecule has 2 N–H and O–H groups in total. The van der Waals surface area contributed by atoms with E-state index in [0.717, 1.165) is 52.1 Å². The molecule has 10 heteroatoms. The number of methoxy groups -OCH3 is 1. The normalized spacial score (nSPS) is 13.9. The number of morpholine rings is 1. The minimum Gasteiger partial charge on any atom is -0.495 e. The summed E-state index contributed by atoms with van der Waals surface area (Å²) in [5, 5.41) is 7.84. The van der Waals surface area contributed by atoms with Gasteiger partial charge in [-0.15, -0.1) is 0 Å². The molecule has 10 nitrogen and oxygen atoms in total. The zero-order chi connectivity index (χ0) is 28.6. The van der Waals surface area contributed by atoms with E-state index in [4.69, 9.17) is 14.5 Å². The zero-order valence-corrected chi connectivity index (χ0v) is 23.6. The fraction of sp³-hybridized carbons (Fsp3) is 0.290. The molecule has 5 aromatic rings.